The number of aromatic amines is 1. The van der Waals surface area contributed by atoms with Gasteiger partial charge >= 0.3 is 0 Å². The van der Waals surface area contributed by atoms with Crippen molar-refractivity contribution in [2.24, 2.45) is 0 Å². The van der Waals surface area contributed by atoms with Crippen LogP contribution in [0.2, 0.25) is 0 Å². The molecule has 5 rings (SSSR count). The van der Waals surface area contributed by atoms with Gasteiger partial charge in [-0.15, -0.1) is 16.4 Å². The average Bonchev–Trinajstić information content (AvgIpc) is 3.64. The Hall–Kier alpha value is -4.06. The van der Waals surface area contributed by atoms with Crippen LogP contribution in [-0.2, 0) is 24.4 Å². The fraction of sp³-hybridized carbons (Fsp3) is 0.286. The fourth-order valence-corrected chi connectivity index (χ4v) is 5.39. The largest absolute Gasteiger partial charge is 0.493 e. The summed E-state index contributed by atoms with van der Waals surface area (Å²) in [6.45, 7) is 2.05. The van der Waals surface area contributed by atoms with Crippen LogP contribution in [0.15, 0.2) is 70.8 Å². The van der Waals surface area contributed by atoms with Crippen molar-refractivity contribution in [3.63, 3.8) is 0 Å². The number of thiophene rings is 1. The van der Waals surface area contributed by atoms with E-state index in [0.717, 1.165) is 15.8 Å². The van der Waals surface area contributed by atoms with Crippen molar-refractivity contribution in [3.05, 3.63) is 98.2 Å². The maximum absolute atomic E-state index is 13.8. The van der Waals surface area contributed by atoms with Gasteiger partial charge in [0.25, 0.3) is 5.56 Å². The van der Waals surface area contributed by atoms with Gasteiger partial charge in [0.15, 0.2) is 17.3 Å². The third kappa shape index (κ3) is 5.85. The molecule has 11 heteroatoms. The Balaban J connectivity index is 1.70. The number of benzene rings is 2. The van der Waals surface area contributed by atoms with Gasteiger partial charge < -0.3 is 19.2 Å². The lowest BCUT2D eigenvalue weighted by Crippen LogP contribution is -2.35. The Morgan fingerprint density at radius 3 is 2.51 bits per heavy atom. The number of aromatic nitrogens is 5. The third-order valence-electron chi connectivity index (χ3n) is 6.52. The van der Waals surface area contributed by atoms with Gasteiger partial charge in [-0.25, -0.2) is 4.68 Å². The number of rotatable bonds is 12. The van der Waals surface area contributed by atoms with Crippen LogP contribution in [0, 0.1) is 0 Å². The topological polar surface area (TPSA) is 107 Å². The van der Waals surface area contributed by atoms with Crippen LogP contribution < -0.4 is 15.0 Å². The summed E-state index contributed by atoms with van der Waals surface area (Å²) in [6.07, 6.45) is 0. The number of nitrogens with one attached hydrogen (secondary N) is 1. The molecular formula is C28H30N6O4S. The number of tetrazole rings is 1. The monoisotopic (exact) mass is 546 g/mol. The van der Waals surface area contributed by atoms with E-state index in [1.165, 1.54) is 0 Å². The number of methoxy groups -OCH3 is 3. The predicted molar refractivity (Wildman–Crippen MR) is 149 cm³/mol. The lowest BCUT2D eigenvalue weighted by Gasteiger charge is -2.31. The van der Waals surface area contributed by atoms with Crippen LogP contribution in [0.1, 0.15) is 27.9 Å². The minimum Gasteiger partial charge on any atom is -0.493 e. The molecule has 1 N–H and O–H groups in total. The van der Waals surface area contributed by atoms with Crippen molar-refractivity contribution in [1.29, 1.82) is 0 Å². The summed E-state index contributed by atoms with van der Waals surface area (Å²) in [6, 6.07) is 19.3. The second kappa shape index (κ2) is 12.2. The molecule has 0 spiro atoms. The molecule has 0 radical (unpaired) electrons. The molecule has 0 bridgehead atoms. The first-order valence-electron chi connectivity index (χ1n) is 12.5. The van der Waals surface area contributed by atoms with Crippen molar-refractivity contribution in [2.45, 2.75) is 25.7 Å². The Morgan fingerprint density at radius 2 is 1.79 bits per heavy atom. The molecule has 0 aliphatic heterocycles. The van der Waals surface area contributed by atoms with E-state index in [1.54, 1.807) is 43.4 Å². The van der Waals surface area contributed by atoms with Gasteiger partial charge in [0, 0.05) is 42.1 Å². The number of fused-ring (bicyclic) bond motifs is 1. The van der Waals surface area contributed by atoms with Gasteiger partial charge in [0.05, 0.1) is 32.9 Å². The second-order valence-electron chi connectivity index (χ2n) is 8.97. The first-order valence-corrected chi connectivity index (χ1v) is 13.3. The van der Waals surface area contributed by atoms with Crippen molar-refractivity contribution in [1.82, 2.24) is 30.1 Å². The zero-order chi connectivity index (χ0) is 27.2. The molecule has 3 aromatic heterocycles. The molecule has 0 saturated heterocycles. The fourth-order valence-electron chi connectivity index (χ4n) is 4.66. The zero-order valence-corrected chi connectivity index (χ0v) is 22.9. The number of hydrogen-bond donors (Lipinski definition) is 1. The molecular weight excluding hydrogens is 516 g/mol. The Bertz CT molecular complexity index is 1570. The van der Waals surface area contributed by atoms with Crippen LogP contribution in [-0.4, -0.2) is 58.0 Å². The lowest BCUT2D eigenvalue weighted by atomic mass is 10.0. The number of ether oxygens (including phenoxy) is 3. The highest BCUT2D eigenvalue weighted by atomic mass is 32.1. The first-order chi connectivity index (χ1) is 19.1. The van der Waals surface area contributed by atoms with Crippen molar-refractivity contribution in [2.75, 3.05) is 27.9 Å². The number of hydrogen-bond acceptors (Lipinski definition) is 9. The van der Waals surface area contributed by atoms with E-state index in [2.05, 4.69) is 49.0 Å². The smallest absolute Gasteiger partial charge is 0.253 e. The predicted octanol–water partition coefficient (Wildman–Crippen LogP) is 4.03. The van der Waals surface area contributed by atoms with Crippen LogP contribution >= 0.6 is 11.3 Å². The molecule has 5 aromatic rings. The SMILES string of the molecule is COCCn1nnnc1[C@H](c1cc2cc(OC)c(OC)cc2[nH]c1=O)N(Cc1ccccc1)Cc1cccs1. The van der Waals surface area contributed by atoms with Crippen molar-refractivity contribution < 1.29 is 14.2 Å². The average molecular weight is 547 g/mol. The quantitative estimate of drug-likeness (QED) is 0.250. The summed E-state index contributed by atoms with van der Waals surface area (Å²) < 4.78 is 18.0. The summed E-state index contributed by atoms with van der Waals surface area (Å²) in [5.41, 5.74) is 2.05. The molecule has 0 aliphatic rings. The molecule has 2 aromatic carbocycles. The highest BCUT2D eigenvalue weighted by Gasteiger charge is 2.31. The van der Waals surface area contributed by atoms with E-state index in [-0.39, 0.29) is 5.56 Å². The van der Waals surface area contributed by atoms with Crippen LogP contribution in [0.4, 0.5) is 0 Å². The van der Waals surface area contributed by atoms with E-state index < -0.39 is 6.04 Å². The molecule has 0 aliphatic carbocycles. The molecule has 10 nitrogen and oxygen atoms in total. The summed E-state index contributed by atoms with van der Waals surface area (Å²) in [5.74, 6) is 1.67. The summed E-state index contributed by atoms with van der Waals surface area (Å²) in [5, 5.41) is 15.5. The molecule has 0 unspecified atom stereocenters. The highest BCUT2D eigenvalue weighted by Crippen LogP contribution is 2.34. The Labute approximate surface area is 229 Å². The van der Waals surface area contributed by atoms with E-state index in [9.17, 15) is 4.79 Å². The van der Waals surface area contributed by atoms with Crippen molar-refractivity contribution >= 4 is 22.2 Å². The second-order valence-corrected chi connectivity index (χ2v) is 10.0. The summed E-state index contributed by atoms with van der Waals surface area (Å²) in [7, 11) is 4.79. The number of nitrogens with zero attached hydrogens (tertiary/aromatic N) is 5. The molecule has 1 atom stereocenters. The molecule has 202 valence electrons. The normalized spacial score (nSPS) is 12.2. The third-order valence-corrected chi connectivity index (χ3v) is 7.38. The maximum atomic E-state index is 13.8. The van der Waals surface area contributed by atoms with Crippen molar-refractivity contribution in [3.8, 4) is 11.5 Å². The minimum absolute atomic E-state index is 0.231. The molecule has 0 amide bonds. The van der Waals surface area contributed by atoms with Gasteiger partial charge in [0.1, 0.15) is 6.04 Å². The summed E-state index contributed by atoms with van der Waals surface area (Å²) in [4.78, 5) is 20.2. The standard InChI is InChI=1S/C28H30N6O4S/c1-36-12-11-34-27(30-31-32-34)26(33(18-21-10-7-13-39-21)17-19-8-5-4-6-9-19)22-14-20-15-24(37-2)25(38-3)16-23(20)29-28(22)35/h4-10,13-16,26H,11-12,17-18H2,1-3H3,(H,29,35)/t26-/m0/s1. The Morgan fingerprint density at radius 1 is 1.00 bits per heavy atom. The van der Waals surface area contributed by atoms with E-state index >= 15 is 0 Å². The van der Waals surface area contributed by atoms with Gasteiger partial charge in [-0.05, 0) is 39.6 Å². The summed E-state index contributed by atoms with van der Waals surface area (Å²) >= 11 is 1.67. The number of H-pyrrole nitrogens is 1. The van der Waals surface area contributed by atoms with Crippen LogP contribution in [0.5, 0.6) is 11.5 Å². The van der Waals surface area contributed by atoms with Gasteiger partial charge in [-0.3, -0.25) is 9.69 Å². The van der Waals surface area contributed by atoms with Crippen LogP contribution in [0.3, 0.4) is 0 Å². The number of pyridine rings is 1. The minimum atomic E-state index is -0.555. The highest BCUT2D eigenvalue weighted by molar-refractivity contribution is 7.09. The van der Waals surface area contributed by atoms with Gasteiger partial charge in [0.2, 0.25) is 0 Å². The van der Waals surface area contributed by atoms with Gasteiger partial charge in [-0.2, -0.15) is 0 Å². The van der Waals surface area contributed by atoms with Crippen LogP contribution in [0.25, 0.3) is 10.9 Å². The van der Waals surface area contributed by atoms with Gasteiger partial charge in [-0.1, -0.05) is 36.4 Å². The molecule has 39 heavy (non-hydrogen) atoms. The van der Waals surface area contributed by atoms with E-state index in [0.29, 0.717) is 54.6 Å². The molecule has 0 fully saturated rings. The maximum Gasteiger partial charge on any atom is 0.253 e. The first kappa shape index (κ1) is 26.5. The van der Waals surface area contributed by atoms with E-state index in [1.807, 2.05) is 36.4 Å². The lowest BCUT2D eigenvalue weighted by molar-refractivity contribution is 0.169. The molecule has 3 heterocycles. The Kier molecular flexibility index (Phi) is 8.30. The van der Waals surface area contributed by atoms with E-state index in [4.69, 9.17) is 14.2 Å². The molecule has 0 saturated carbocycles. The zero-order valence-electron chi connectivity index (χ0n) is 22.0.